The van der Waals surface area contributed by atoms with Crippen molar-refractivity contribution in [3.8, 4) is 5.75 Å². The van der Waals surface area contributed by atoms with Crippen molar-refractivity contribution >= 4 is 27.3 Å². The van der Waals surface area contributed by atoms with Crippen molar-refractivity contribution in [1.82, 2.24) is 0 Å². The van der Waals surface area contributed by atoms with Crippen LogP contribution in [-0.4, -0.2) is 19.4 Å². The number of aromatic hydroxyl groups is 1. The third-order valence-electron chi connectivity index (χ3n) is 3.92. The number of aryl methyl sites for hydroxylation is 1. The van der Waals surface area contributed by atoms with Crippen LogP contribution in [0.3, 0.4) is 0 Å². The van der Waals surface area contributed by atoms with Gasteiger partial charge in [-0.1, -0.05) is 6.07 Å². The van der Waals surface area contributed by atoms with Crippen molar-refractivity contribution in [2.24, 2.45) is 0 Å². The number of halogens is 1. The first-order chi connectivity index (χ1) is 13.2. The number of amides is 1. The molecule has 0 spiro atoms. The molecule has 0 radical (unpaired) electrons. The standard InChI is InChI=1S/C20H17FN2O4S/c1-13-2-11-18(19(24)12-13)22-20(25)14-3-7-16(8-4-14)23-28(26,27)17-9-5-15(21)6-10-17/h2-12,23-24H,1H3,(H,22,25). The van der Waals surface area contributed by atoms with Gasteiger partial charge >= 0.3 is 0 Å². The number of phenols is 1. The highest BCUT2D eigenvalue weighted by atomic mass is 32.2. The Hall–Kier alpha value is -3.39. The van der Waals surface area contributed by atoms with Gasteiger partial charge in [0.2, 0.25) is 0 Å². The molecule has 1 amide bonds. The van der Waals surface area contributed by atoms with E-state index in [-0.39, 0.29) is 27.6 Å². The highest BCUT2D eigenvalue weighted by Gasteiger charge is 2.15. The summed E-state index contributed by atoms with van der Waals surface area (Å²) in [4.78, 5) is 12.2. The molecule has 0 heterocycles. The van der Waals surface area contributed by atoms with Gasteiger partial charge in [0, 0.05) is 11.3 Å². The fourth-order valence-corrected chi connectivity index (χ4v) is 3.52. The summed E-state index contributed by atoms with van der Waals surface area (Å²) in [6.45, 7) is 1.82. The molecular formula is C20H17FN2O4S. The first-order valence-corrected chi connectivity index (χ1v) is 9.72. The van der Waals surface area contributed by atoms with Crippen LogP contribution in [0.15, 0.2) is 71.6 Å². The van der Waals surface area contributed by atoms with E-state index in [0.717, 1.165) is 29.8 Å². The van der Waals surface area contributed by atoms with Gasteiger partial charge in [-0.15, -0.1) is 0 Å². The monoisotopic (exact) mass is 400 g/mol. The van der Waals surface area contributed by atoms with Crippen molar-refractivity contribution in [2.45, 2.75) is 11.8 Å². The zero-order chi connectivity index (χ0) is 20.3. The van der Waals surface area contributed by atoms with Gasteiger partial charge in [0.25, 0.3) is 15.9 Å². The fourth-order valence-electron chi connectivity index (χ4n) is 2.46. The van der Waals surface area contributed by atoms with Crippen LogP contribution in [0.2, 0.25) is 0 Å². The molecular weight excluding hydrogens is 383 g/mol. The van der Waals surface area contributed by atoms with Crippen LogP contribution < -0.4 is 10.0 Å². The minimum absolute atomic E-state index is 0.0444. The molecule has 0 saturated heterocycles. The minimum atomic E-state index is -3.87. The molecule has 0 bridgehead atoms. The van der Waals surface area contributed by atoms with Crippen LogP contribution in [0.25, 0.3) is 0 Å². The van der Waals surface area contributed by atoms with E-state index in [2.05, 4.69) is 10.0 Å². The Labute approximate surface area is 161 Å². The van der Waals surface area contributed by atoms with Crippen LogP contribution in [-0.2, 0) is 10.0 Å². The van der Waals surface area contributed by atoms with Crippen molar-refractivity contribution in [3.05, 3.63) is 83.7 Å². The largest absolute Gasteiger partial charge is 0.506 e. The molecule has 0 aromatic heterocycles. The number of anilines is 2. The molecule has 0 fully saturated rings. The predicted octanol–water partition coefficient (Wildman–Crippen LogP) is 3.89. The lowest BCUT2D eigenvalue weighted by Gasteiger charge is -2.10. The Morgan fingerprint density at radius 1 is 0.964 bits per heavy atom. The first-order valence-electron chi connectivity index (χ1n) is 8.24. The van der Waals surface area contributed by atoms with E-state index in [1.54, 1.807) is 12.1 Å². The zero-order valence-corrected chi connectivity index (χ0v) is 15.6. The maximum Gasteiger partial charge on any atom is 0.261 e. The van der Waals surface area contributed by atoms with Crippen LogP contribution in [0.4, 0.5) is 15.8 Å². The number of carbonyl (C=O) groups excluding carboxylic acids is 1. The van der Waals surface area contributed by atoms with Gasteiger partial charge in [-0.2, -0.15) is 0 Å². The third kappa shape index (κ3) is 4.47. The van der Waals surface area contributed by atoms with Crippen LogP contribution >= 0.6 is 0 Å². The second kappa shape index (κ2) is 7.69. The lowest BCUT2D eigenvalue weighted by Crippen LogP contribution is -2.14. The Morgan fingerprint density at radius 3 is 2.21 bits per heavy atom. The molecule has 0 aliphatic rings. The second-order valence-electron chi connectivity index (χ2n) is 6.11. The number of sulfonamides is 1. The highest BCUT2D eigenvalue weighted by molar-refractivity contribution is 7.92. The molecule has 0 aliphatic carbocycles. The van der Waals surface area contributed by atoms with Crippen molar-refractivity contribution in [2.75, 3.05) is 10.0 Å². The average Bonchev–Trinajstić information content (AvgIpc) is 2.64. The van der Waals surface area contributed by atoms with Crippen LogP contribution in [0.1, 0.15) is 15.9 Å². The van der Waals surface area contributed by atoms with E-state index < -0.39 is 21.7 Å². The SMILES string of the molecule is Cc1ccc(NC(=O)c2ccc(NS(=O)(=O)c3ccc(F)cc3)cc2)c(O)c1. The number of rotatable bonds is 5. The summed E-state index contributed by atoms with van der Waals surface area (Å²) < 4.78 is 39.9. The Morgan fingerprint density at radius 2 is 1.61 bits per heavy atom. The minimum Gasteiger partial charge on any atom is -0.506 e. The van der Waals surface area contributed by atoms with Crippen LogP contribution in [0.5, 0.6) is 5.75 Å². The molecule has 8 heteroatoms. The number of carbonyl (C=O) groups is 1. The van der Waals surface area contributed by atoms with Crippen molar-refractivity contribution < 1.29 is 22.7 Å². The smallest absolute Gasteiger partial charge is 0.261 e. The normalized spacial score (nSPS) is 11.1. The topological polar surface area (TPSA) is 95.5 Å². The van der Waals surface area contributed by atoms with Gasteiger partial charge in [-0.3, -0.25) is 9.52 Å². The number of phenolic OH excluding ortho intramolecular Hbond substituents is 1. The van der Waals surface area contributed by atoms with E-state index in [9.17, 15) is 22.7 Å². The van der Waals surface area contributed by atoms with Gasteiger partial charge in [-0.25, -0.2) is 12.8 Å². The molecule has 0 saturated carbocycles. The molecule has 0 unspecified atom stereocenters. The highest BCUT2D eigenvalue weighted by Crippen LogP contribution is 2.25. The van der Waals surface area contributed by atoms with Gasteiger partial charge in [0.15, 0.2) is 0 Å². The summed E-state index contributed by atoms with van der Waals surface area (Å²) in [6.07, 6.45) is 0. The summed E-state index contributed by atoms with van der Waals surface area (Å²) in [5, 5.41) is 12.5. The number of hydrogen-bond acceptors (Lipinski definition) is 4. The molecule has 3 aromatic carbocycles. The number of benzene rings is 3. The van der Waals surface area contributed by atoms with Gasteiger partial charge < -0.3 is 10.4 Å². The van der Waals surface area contributed by atoms with Crippen LogP contribution in [0, 0.1) is 12.7 Å². The fraction of sp³-hybridized carbons (Fsp3) is 0.0500. The molecule has 6 nitrogen and oxygen atoms in total. The Balaban J connectivity index is 1.72. The van der Waals surface area contributed by atoms with Gasteiger partial charge in [0.1, 0.15) is 11.6 Å². The summed E-state index contributed by atoms with van der Waals surface area (Å²) in [5.41, 5.74) is 1.66. The van der Waals surface area contributed by atoms with Gasteiger partial charge in [-0.05, 0) is 73.2 Å². The Bertz CT molecular complexity index is 1110. The molecule has 0 atom stereocenters. The van der Waals surface area contributed by atoms with Crippen molar-refractivity contribution in [1.29, 1.82) is 0 Å². The molecule has 3 N–H and O–H groups in total. The summed E-state index contributed by atoms with van der Waals surface area (Å²) in [6, 6.07) is 15.1. The lowest BCUT2D eigenvalue weighted by atomic mass is 10.1. The van der Waals surface area contributed by atoms with E-state index in [0.29, 0.717) is 0 Å². The maximum absolute atomic E-state index is 13.0. The maximum atomic E-state index is 13.0. The summed E-state index contributed by atoms with van der Waals surface area (Å²) in [5.74, 6) is -1.03. The zero-order valence-electron chi connectivity index (χ0n) is 14.8. The van der Waals surface area contributed by atoms with Crippen molar-refractivity contribution in [3.63, 3.8) is 0 Å². The lowest BCUT2D eigenvalue weighted by molar-refractivity contribution is 0.102. The average molecular weight is 400 g/mol. The van der Waals surface area contributed by atoms with E-state index in [1.807, 2.05) is 6.92 Å². The third-order valence-corrected chi connectivity index (χ3v) is 5.32. The first kappa shape index (κ1) is 19.4. The van der Waals surface area contributed by atoms with E-state index >= 15 is 0 Å². The summed E-state index contributed by atoms with van der Waals surface area (Å²) in [7, 11) is -3.87. The summed E-state index contributed by atoms with van der Waals surface area (Å²) >= 11 is 0. The Kier molecular flexibility index (Phi) is 5.32. The predicted molar refractivity (Wildman–Crippen MR) is 104 cm³/mol. The molecule has 3 aromatic rings. The quantitative estimate of drug-likeness (QED) is 0.566. The molecule has 3 rings (SSSR count). The van der Waals surface area contributed by atoms with E-state index in [4.69, 9.17) is 0 Å². The molecule has 28 heavy (non-hydrogen) atoms. The van der Waals surface area contributed by atoms with E-state index in [1.165, 1.54) is 30.3 Å². The molecule has 0 aliphatic heterocycles. The number of nitrogens with one attached hydrogen (secondary N) is 2. The molecule has 144 valence electrons. The van der Waals surface area contributed by atoms with Gasteiger partial charge in [0.05, 0.1) is 10.6 Å². The second-order valence-corrected chi connectivity index (χ2v) is 7.79. The number of hydrogen-bond donors (Lipinski definition) is 3.